The van der Waals surface area contributed by atoms with Crippen LogP contribution in [0.4, 0.5) is 0 Å². The highest BCUT2D eigenvalue weighted by Gasteiger charge is 2.30. The monoisotopic (exact) mass is 355 g/mol. The minimum absolute atomic E-state index is 0.0799. The van der Waals surface area contributed by atoms with Crippen molar-refractivity contribution in [1.82, 2.24) is 4.72 Å². The maximum atomic E-state index is 12.5. The van der Waals surface area contributed by atoms with Crippen LogP contribution >= 0.6 is 0 Å². The van der Waals surface area contributed by atoms with E-state index in [4.69, 9.17) is 4.74 Å². The van der Waals surface area contributed by atoms with Gasteiger partial charge < -0.3 is 4.74 Å². The molecule has 1 rings (SSSR count). The van der Waals surface area contributed by atoms with Crippen LogP contribution < -0.4 is 4.72 Å². The lowest BCUT2D eigenvalue weighted by molar-refractivity contribution is 0.0720. The number of sulfonamides is 1. The largest absolute Gasteiger partial charge is 0.381 e. The summed E-state index contributed by atoms with van der Waals surface area (Å²) in [6.45, 7) is 13.5. The smallest absolute Gasteiger partial charge is 0.212 e. The molecule has 1 aromatic rings. The number of nitrogens with one attached hydrogen (secondary N) is 1. The first-order valence-electron chi connectivity index (χ1n) is 8.53. The van der Waals surface area contributed by atoms with E-state index in [0.29, 0.717) is 19.6 Å². The van der Waals surface area contributed by atoms with Crippen molar-refractivity contribution in [1.29, 1.82) is 0 Å². The fourth-order valence-electron chi connectivity index (χ4n) is 2.36. The van der Waals surface area contributed by atoms with Crippen molar-refractivity contribution >= 4 is 10.0 Å². The lowest BCUT2D eigenvalue weighted by Gasteiger charge is -2.31. The number of benzene rings is 1. The average molecular weight is 356 g/mol. The lowest BCUT2D eigenvalue weighted by atomic mass is 9.83. The molecule has 0 aromatic heterocycles. The van der Waals surface area contributed by atoms with Crippen LogP contribution in [-0.4, -0.2) is 27.4 Å². The lowest BCUT2D eigenvalue weighted by Crippen LogP contribution is -2.38. The van der Waals surface area contributed by atoms with Crippen LogP contribution in [0, 0.1) is 10.8 Å². The van der Waals surface area contributed by atoms with Gasteiger partial charge in [-0.3, -0.25) is 0 Å². The van der Waals surface area contributed by atoms with E-state index in [1.807, 2.05) is 51.1 Å². The molecule has 0 fully saturated rings. The van der Waals surface area contributed by atoms with Gasteiger partial charge in [-0.1, -0.05) is 71.9 Å². The molecular formula is C19H33NO3S. The second-order valence-corrected chi connectivity index (χ2v) is 10.5. The third-order valence-corrected chi connectivity index (χ3v) is 4.95. The van der Waals surface area contributed by atoms with Crippen LogP contribution in [0.5, 0.6) is 0 Å². The Labute approximate surface area is 148 Å². The Hall–Kier alpha value is -0.910. The molecule has 1 atom stereocenters. The average Bonchev–Trinajstić information content (AvgIpc) is 2.43. The van der Waals surface area contributed by atoms with Gasteiger partial charge >= 0.3 is 0 Å². The first kappa shape index (κ1) is 21.1. The number of ether oxygens (including phenoxy) is 1. The molecule has 0 aliphatic carbocycles. The molecule has 138 valence electrons. The van der Waals surface area contributed by atoms with Crippen molar-refractivity contribution in [3.05, 3.63) is 35.9 Å². The van der Waals surface area contributed by atoms with Crippen molar-refractivity contribution in [3.63, 3.8) is 0 Å². The van der Waals surface area contributed by atoms with Crippen molar-refractivity contribution in [2.45, 2.75) is 54.0 Å². The summed E-state index contributed by atoms with van der Waals surface area (Å²) in [4.78, 5) is 0. The van der Waals surface area contributed by atoms with E-state index in [1.54, 1.807) is 0 Å². The first-order valence-corrected chi connectivity index (χ1v) is 10.2. The maximum Gasteiger partial charge on any atom is 0.212 e. The van der Waals surface area contributed by atoms with Gasteiger partial charge in [0.15, 0.2) is 0 Å². The highest BCUT2D eigenvalue weighted by Crippen LogP contribution is 2.33. The fourth-order valence-corrected chi connectivity index (χ4v) is 3.82. The Balaban J connectivity index is 2.62. The molecule has 1 unspecified atom stereocenters. The van der Waals surface area contributed by atoms with Crippen LogP contribution in [0.15, 0.2) is 30.3 Å². The van der Waals surface area contributed by atoms with E-state index >= 15 is 0 Å². The number of hydrogen-bond donors (Lipinski definition) is 1. The topological polar surface area (TPSA) is 55.4 Å². The Bertz CT molecular complexity index is 583. The zero-order valence-electron chi connectivity index (χ0n) is 15.9. The molecule has 0 aliphatic rings. The molecule has 0 heterocycles. The summed E-state index contributed by atoms with van der Waals surface area (Å²) in [7, 11) is -3.36. The molecule has 0 saturated heterocycles. The quantitative estimate of drug-likeness (QED) is 0.713. The fraction of sp³-hybridized carbons (Fsp3) is 0.684. The minimum Gasteiger partial charge on any atom is -0.381 e. The molecule has 24 heavy (non-hydrogen) atoms. The molecule has 0 amide bonds. The predicted molar refractivity (Wildman–Crippen MR) is 100 cm³/mol. The van der Waals surface area contributed by atoms with Crippen LogP contribution in [0.1, 0.15) is 59.6 Å². The van der Waals surface area contributed by atoms with Gasteiger partial charge in [0.2, 0.25) is 10.0 Å². The molecule has 4 nitrogen and oxygen atoms in total. The van der Waals surface area contributed by atoms with Gasteiger partial charge in [-0.05, 0) is 22.8 Å². The summed E-state index contributed by atoms with van der Waals surface area (Å²) < 4.78 is 33.3. The van der Waals surface area contributed by atoms with E-state index in [1.165, 1.54) is 0 Å². The summed E-state index contributed by atoms with van der Waals surface area (Å²) in [6, 6.07) is 9.48. The molecule has 1 aromatic carbocycles. The van der Waals surface area contributed by atoms with Crippen LogP contribution in [0.25, 0.3) is 0 Å². The Morgan fingerprint density at radius 3 is 2.12 bits per heavy atom. The van der Waals surface area contributed by atoms with E-state index in [2.05, 4.69) is 25.5 Å². The summed E-state index contributed by atoms with van der Waals surface area (Å²) in [5, 5.41) is 0. The van der Waals surface area contributed by atoms with Crippen molar-refractivity contribution < 1.29 is 13.2 Å². The molecule has 0 aliphatic heterocycles. The molecule has 0 radical (unpaired) electrons. The zero-order valence-corrected chi connectivity index (χ0v) is 16.7. The van der Waals surface area contributed by atoms with Gasteiger partial charge in [-0.15, -0.1) is 0 Å². The van der Waals surface area contributed by atoms with Gasteiger partial charge in [0.05, 0.1) is 18.4 Å². The van der Waals surface area contributed by atoms with Gasteiger partial charge in [0.1, 0.15) is 0 Å². The third kappa shape index (κ3) is 8.27. The van der Waals surface area contributed by atoms with Crippen molar-refractivity contribution in [3.8, 4) is 0 Å². The number of rotatable bonds is 8. The normalized spacial score (nSPS) is 14.6. The van der Waals surface area contributed by atoms with E-state index in [0.717, 1.165) is 5.56 Å². The molecule has 1 N–H and O–H groups in total. The molecule has 0 bridgehead atoms. The summed E-state index contributed by atoms with van der Waals surface area (Å²) >= 11 is 0. The molecular weight excluding hydrogens is 322 g/mol. The van der Waals surface area contributed by atoms with E-state index in [-0.39, 0.29) is 22.6 Å². The van der Waals surface area contributed by atoms with Crippen LogP contribution in [-0.2, 0) is 14.8 Å². The predicted octanol–water partition coefficient (Wildman–Crippen LogP) is 4.15. The third-order valence-electron chi connectivity index (χ3n) is 3.53. The van der Waals surface area contributed by atoms with Crippen molar-refractivity contribution in [2.24, 2.45) is 10.8 Å². The minimum atomic E-state index is -3.36. The second kappa shape index (κ2) is 8.45. The Morgan fingerprint density at radius 2 is 1.62 bits per heavy atom. The second-order valence-electron chi connectivity index (χ2n) is 8.61. The molecule has 0 spiro atoms. The van der Waals surface area contributed by atoms with E-state index in [9.17, 15) is 8.42 Å². The zero-order chi connectivity index (χ0) is 18.4. The maximum absolute atomic E-state index is 12.5. The molecule has 0 saturated carbocycles. The van der Waals surface area contributed by atoms with Crippen molar-refractivity contribution in [2.75, 3.05) is 19.0 Å². The Morgan fingerprint density at radius 1 is 1.04 bits per heavy atom. The standard InChI is InChI=1S/C19H33NO3S/c1-18(2,3)15-23-13-10-14-24(21,22)20-17(19(4,5)6)16-11-8-7-9-12-16/h7-9,11-12,17,20H,10,13-15H2,1-6H3. The summed E-state index contributed by atoms with van der Waals surface area (Å²) in [5.74, 6) is 0.0799. The summed E-state index contributed by atoms with van der Waals surface area (Å²) in [5.41, 5.74) is 0.872. The van der Waals surface area contributed by atoms with Gasteiger partial charge in [-0.25, -0.2) is 13.1 Å². The highest BCUT2D eigenvalue weighted by atomic mass is 32.2. The van der Waals surface area contributed by atoms with Crippen LogP contribution in [0.2, 0.25) is 0 Å². The van der Waals surface area contributed by atoms with Gasteiger partial charge in [-0.2, -0.15) is 0 Å². The van der Waals surface area contributed by atoms with Gasteiger partial charge in [0, 0.05) is 6.61 Å². The van der Waals surface area contributed by atoms with Gasteiger partial charge in [0.25, 0.3) is 0 Å². The summed E-state index contributed by atoms with van der Waals surface area (Å²) in [6.07, 6.45) is 0.497. The first-order chi connectivity index (χ1) is 10.9. The van der Waals surface area contributed by atoms with Crippen LogP contribution in [0.3, 0.4) is 0 Å². The Kier molecular flexibility index (Phi) is 7.44. The number of hydrogen-bond acceptors (Lipinski definition) is 3. The molecule has 5 heteroatoms. The highest BCUT2D eigenvalue weighted by molar-refractivity contribution is 7.89. The van der Waals surface area contributed by atoms with E-state index < -0.39 is 10.0 Å². The SMILES string of the molecule is CC(C)(C)COCCCS(=O)(=O)NC(c1ccccc1)C(C)(C)C.